The molecule has 0 atom stereocenters. The van der Waals surface area contributed by atoms with E-state index in [1.54, 1.807) is 11.3 Å². The fourth-order valence-corrected chi connectivity index (χ4v) is 4.08. The van der Waals surface area contributed by atoms with Crippen LogP contribution in [0.5, 0.6) is 0 Å². The molecule has 1 aliphatic rings. The number of hydrogen-bond acceptors (Lipinski definition) is 3. The van der Waals surface area contributed by atoms with E-state index in [2.05, 4.69) is 25.8 Å². The molecule has 1 aliphatic carbocycles. The molecule has 0 unspecified atom stereocenters. The number of nitrogens with zero attached hydrogens (tertiary/aromatic N) is 1. The van der Waals surface area contributed by atoms with Crippen LogP contribution in [0.2, 0.25) is 0 Å². The second-order valence-electron chi connectivity index (χ2n) is 6.68. The van der Waals surface area contributed by atoms with Crippen molar-refractivity contribution in [2.45, 2.75) is 59.3 Å². The van der Waals surface area contributed by atoms with Crippen LogP contribution in [-0.4, -0.2) is 16.1 Å². The highest BCUT2D eigenvalue weighted by atomic mass is 32.1. The lowest BCUT2D eigenvalue weighted by molar-refractivity contribution is 0.0690. The average molecular weight is 281 g/mol. The van der Waals surface area contributed by atoms with E-state index in [1.165, 1.54) is 12.8 Å². The van der Waals surface area contributed by atoms with Crippen molar-refractivity contribution in [3.63, 3.8) is 0 Å². The van der Waals surface area contributed by atoms with Crippen molar-refractivity contribution in [3.05, 3.63) is 15.6 Å². The van der Waals surface area contributed by atoms with E-state index in [0.717, 1.165) is 28.6 Å². The third-order valence-electron chi connectivity index (χ3n) is 4.32. The topological polar surface area (TPSA) is 50.2 Å². The van der Waals surface area contributed by atoms with Crippen LogP contribution in [0.3, 0.4) is 0 Å². The van der Waals surface area contributed by atoms with Gasteiger partial charge in [-0.15, -0.1) is 11.3 Å². The molecular formula is C15H23NO2S. The van der Waals surface area contributed by atoms with Crippen LogP contribution >= 0.6 is 11.3 Å². The molecule has 3 nitrogen and oxygen atoms in total. The van der Waals surface area contributed by atoms with Gasteiger partial charge in [0.1, 0.15) is 0 Å². The van der Waals surface area contributed by atoms with Crippen LogP contribution in [0, 0.1) is 18.3 Å². The van der Waals surface area contributed by atoms with Gasteiger partial charge in [-0.05, 0) is 43.9 Å². The quantitative estimate of drug-likeness (QED) is 0.870. The number of carbonyl (C=O) groups is 1. The second kappa shape index (κ2) is 5.23. The van der Waals surface area contributed by atoms with E-state index in [1.807, 2.05) is 6.92 Å². The molecule has 1 saturated carbocycles. The summed E-state index contributed by atoms with van der Waals surface area (Å²) in [6.45, 7) is 8.79. The van der Waals surface area contributed by atoms with E-state index in [0.29, 0.717) is 11.3 Å². The summed E-state index contributed by atoms with van der Waals surface area (Å²) < 4.78 is 0. The van der Waals surface area contributed by atoms with E-state index in [4.69, 9.17) is 5.11 Å². The molecule has 1 N–H and O–H groups in total. The van der Waals surface area contributed by atoms with Gasteiger partial charge in [-0.25, -0.2) is 9.78 Å². The van der Waals surface area contributed by atoms with Gasteiger partial charge in [-0.3, -0.25) is 0 Å². The third kappa shape index (κ3) is 3.16. The Morgan fingerprint density at radius 3 is 2.26 bits per heavy atom. The molecule has 0 amide bonds. The molecular weight excluding hydrogens is 258 g/mol. The smallest absolute Gasteiger partial charge is 0.355 e. The van der Waals surface area contributed by atoms with Crippen molar-refractivity contribution in [3.8, 4) is 0 Å². The summed E-state index contributed by atoms with van der Waals surface area (Å²) in [6, 6.07) is 0. The van der Waals surface area contributed by atoms with E-state index < -0.39 is 5.97 Å². The van der Waals surface area contributed by atoms with Crippen LogP contribution in [0.25, 0.3) is 0 Å². The summed E-state index contributed by atoms with van der Waals surface area (Å²) >= 11 is 1.57. The number of carboxylic acid groups (broad SMARTS) is 1. The summed E-state index contributed by atoms with van der Waals surface area (Å²) in [7, 11) is 0. The Morgan fingerprint density at radius 2 is 1.84 bits per heavy atom. The average Bonchev–Trinajstić information content (AvgIpc) is 2.70. The highest BCUT2D eigenvalue weighted by molar-refractivity contribution is 7.12. The Kier molecular flexibility index (Phi) is 4.00. The summed E-state index contributed by atoms with van der Waals surface area (Å²) in [5, 5.41) is 10.1. The normalized spacial score (nSPS) is 24.4. The van der Waals surface area contributed by atoms with E-state index in [9.17, 15) is 4.79 Å². The van der Waals surface area contributed by atoms with E-state index in [-0.39, 0.29) is 5.69 Å². The Labute approximate surface area is 119 Å². The molecule has 0 aliphatic heterocycles. The third-order valence-corrected chi connectivity index (χ3v) is 5.45. The molecule has 1 fully saturated rings. The van der Waals surface area contributed by atoms with Crippen molar-refractivity contribution < 1.29 is 9.90 Å². The fourth-order valence-electron chi connectivity index (χ4n) is 3.00. The minimum absolute atomic E-state index is 0.248. The highest BCUT2D eigenvalue weighted by Gasteiger charge is 2.31. The predicted octanol–water partition coefficient (Wildman–Crippen LogP) is 4.47. The second-order valence-corrected chi connectivity index (χ2v) is 7.91. The van der Waals surface area contributed by atoms with Gasteiger partial charge in [0.15, 0.2) is 5.69 Å². The zero-order chi connectivity index (χ0) is 14.2. The summed E-state index contributed by atoms with van der Waals surface area (Å²) in [5.74, 6) is 0.350. The molecule has 4 heteroatoms. The van der Waals surface area contributed by atoms with Crippen molar-refractivity contribution in [1.82, 2.24) is 4.98 Å². The first-order chi connectivity index (χ1) is 8.79. The maximum atomic E-state index is 11.0. The first-order valence-electron chi connectivity index (χ1n) is 6.99. The highest BCUT2D eigenvalue weighted by Crippen LogP contribution is 2.44. The Morgan fingerprint density at radius 1 is 1.26 bits per heavy atom. The Balaban J connectivity index is 2.06. The Hall–Kier alpha value is -0.900. The lowest BCUT2D eigenvalue weighted by Gasteiger charge is -2.36. The number of hydrogen-bond donors (Lipinski definition) is 1. The van der Waals surface area contributed by atoms with Gasteiger partial charge in [0, 0.05) is 10.8 Å². The molecule has 0 spiro atoms. The van der Waals surface area contributed by atoms with Crippen LogP contribution < -0.4 is 0 Å². The molecule has 0 bridgehead atoms. The van der Waals surface area contributed by atoms with Gasteiger partial charge in [-0.2, -0.15) is 0 Å². The number of carboxylic acids is 1. The number of thiazole rings is 1. The van der Waals surface area contributed by atoms with Crippen LogP contribution in [0.1, 0.15) is 72.7 Å². The van der Waals surface area contributed by atoms with Gasteiger partial charge in [0.25, 0.3) is 0 Å². The van der Waals surface area contributed by atoms with Crippen molar-refractivity contribution in [1.29, 1.82) is 0 Å². The predicted molar refractivity (Wildman–Crippen MR) is 78.0 cm³/mol. The lowest BCUT2D eigenvalue weighted by Crippen LogP contribution is -2.25. The maximum absolute atomic E-state index is 11.0. The number of aromatic nitrogens is 1. The van der Waals surface area contributed by atoms with Gasteiger partial charge in [-0.1, -0.05) is 20.8 Å². The van der Waals surface area contributed by atoms with Crippen molar-refractivity contribution in [2.24, 2.45) is 11.3 Å². The Bertz CT molecular complexity index is 465. The van der Waals surface area contributed by atoms with Gasteiger partial charge >= 0.3 is 5.97 Å². The minimum atomic E-state index is -0.900. The van der Waals surface area contributed by atoms with E-state index >= 15 is 0 Å². The summed E-state index contributed by atoms with van der Waals surface area (Å²) in [4.78, 5) is 16.2. The number of aromatic carboxylic acids is 1. The molecule has 0 saturated heterocycles. The largest absolute Gasteiger partial charge is 0.476 e. The minimum Gasteiger partial charge on any atom is -0.476 e. The summed E-state index contributed by atoms with van der Waals surface area (Å²) in [5.41, 5.74) is 0.633. The molecule has 0 radical (unpaired) electrons. The van der Waals surface area contributed by atoms with Crippen molar-refractivity contribution >= 4 is 17.3 Å². The fraction of sp³-hybridized carbons (Fsp3) is 0.733. The first kappa shape index (κ1) is 14.5. The first-order valence-corrected chi connectivity index (χ1v) is 7.81. The summed E-state index contributed by atoms with van der Waals surface area (Å²) in [6.07, 6.45) is 4.76. The molecule has 0 aromatic carbocycles. The monoisotopic (exact) mass is 281 g/mol. The van der Waals surface area contributed by atoms with Crippen LogP contribution in [0.4, 0.5) is 0 Å². The molecule has 1 aromatic rings. The molecule has 19 heavy (non-hydrogen) atoms. The van der Waals surface area contributed by atoms with Crippen LogP contribution in [-0.2, 0) is 0 Å². The maximum Gasteiger partial charge on any atom is 0.355 e. The molecule has 1 heterocycles. The zero-order valence-electron chi connectivity index (χ0n) is 12.2. The van der Waals surface area contributed by atoms with Crippen LogP contribution in [0.15, 0.2) is 0 Å². The van der Waals surface area contributed by atoms with Gasteiger partial charge in [0.2, 0.25) is 0 Å². The lowest BCUT2D eigenvalue weighted by atomic mass is 9.70. The zero-order valence-corrected chi connectivity index (χ0v) is 13.0. The molecule has 1 aromatic heterocycles. The van der Waals surface area contributed by atoms with Gasteiger partial charge < -0.3 is 5.11 Å². The van der Waals surface area contributed by atoms with Gasteiger partial charge in [0.05, 0.1) is 5.01 Å². The number of rotatable bonds is 2. The molecule has 106 valence electrons. The standard InChI is InChI=1S/C15H23NO2S/c1-9-12(14(17)18)16-13(19-9)10-5-7-11(8-6-10)15(2,3)4/h10-11H,5-8H2,1-4H3,(H,17,18). The SMILES string of the molecule is Cc1sc(C2CCC(C(C)(C)C)CC2)nc1C(=O)O. The van der Waals surface area contributed by atoms with Crippen molar-refractivity contribution in [2.75, 3.05) is 0 Å². The molecule has 2 rings (SSSR count). The number of aryl methyl sites for hydroxylation is 1.